The van der Waals surface area contributed by atoms with Gasteiger partial charge in [0.15, 0.2) is 5.82 Å². The topological polar surface area (TPSA) is 85.6 Å². The number of carbonyl (C=O) groups excluding carboxylic acids is 1. The SMILES string of the molecule is COc1ccc(-n2nnnc2CN2CCN(C(=O)c3cccc(OC)c3)CC2)cc1. The number of nitrogens with zero attached hydrogens (tertiary/aromatic N) is 6. The number of carbonyl (C=O) groups is 1. The smallest absolute Gasteiger partial charge is 0.254 e. The minimum Gasteiger partial charge on any atom is -0.497 e. The van der Waals surface area contributed by atoms with Crippen molar-refractivity contribution < 1.29 is 14.3 Å². The highest BCUT2D eigenvalue weighted by molar-refractivity contribution is 5.94. The molecule has 1 aromatic heterocycles. The van der Waals surface area contributed by atoms with Gasteiger partial charge < -0.3 is 14.4 Å². The summed E-state index contributed by atoms with van der Waals surface area (Å²) in [5.74, 6) is 2.25. The van der Waals surface area contributed by atoms with Crippen LogP contribution in [0.3, 0.4) is 0 Å². The van der Waals surface area contributed by atoms with E-state index in [4.69, 9.17) is 9.47 Å². The van der Waals surface area contributed by atoms with E-state index in [9.17, 15) is 4.79 Å². The molecule has 156 valence electrons. The summed E-state index contributed by atoms with van der Waals surface area (Å²) in [6.45, 7) is 3.43. The molecular formula is C21H24N6O3. The number of tetrazole rings is 1. The molecule has 2 heterocycles. The Balaban J connectivity index is 1.37. The Morgan fingerprint density at radius 2 is 1.70 bits per heavy atom. The average Bonchev–Trinajstić information content (AvgIpc) is 3.27. The van der Waals surface area contributed by atoms with Crippen molar-refractivity contribution in [1.29, 1.82) is 0 Å². The number of rotatable bonds is 6. The Kier molecular flexibility index (Phi) is 5.89. The van der Waals surface area contributed by atoms with E-state index in [1.54, 1.807) is 25.0 Å². The zero-order valence-corrected chi connectivity index (χ0v) is 17.1. The fourth-order valence-corrected chi connectivity index (χ4v) is 3.48. The number of aromatic nitrogens is 4. The van der Waals surface area contributed by atoms with Gasteiger partial charge in [-0.1, -0.05) is 6.07 Å². The Labute approximate surface area is 174 Å². The highest BCUT2D eigenvalue weighted by Gasteiger charge is 2.24. The van der Waals surface area contributed by atoms with E-state index < -0.39 is 0 Å². The third-order valence-corrected chi connectivity index (χ3v) is 5.19. The Morgan fingerprint density at radius 3 is 2.40 bits per heavy atom. The average molecular weight is 408 g/mol. The van der Waals surface area contributed by atoms with E-state index in [1.807, 2.05) is 47.4 Å². The van der Waals surface area contributed by atoms with Crippen molar-refractivity contribution in [3.63, 3.8) is 0 Å². The molecule has 2 aromatic carbocycles. The zero-order chi connectivity index (χ0) is 20.9. The molecule has 1 fully saturated rings. The molecule has 4 rings (SSSR count). The molecule has 1 amide bonds. The first-order valence-electron chi connectivity index (χ1n) is 9.75. The molecule has 0 saturated carbocycles. The van der Waals surface area contributed by atoms with Crippen molar-refractivity contribution in [2.75, 3.05) is 40.4 Å². The highest BCUT2D eigenvalue weighted by atomic mass is 16.5. The molecule has 1 aliphatic heterocycles. The number of hydrogen-bond donors (Lipinski definition) is 0. The Hall–Kier alpha value is -3.46. The summed E-state index contributed by atoms with van der Waals surface area (Å²) in [4.78, 5) is 16.9. The predicted octanol–water partition coefficient (Wildman–Crippen LogP) is 1.64. The Morgan fingerprint density at radius 1 is 0.967 bits per heavy atom. The lowest BCUT2D eigenvalue weighted by Gasteiger charge is -2.34. The van der Waals surface area contributed by atoms with E-state index in [0.717, 1.165) is 30.4 Å². The zero-order valence-electron chi connectivity index (χ0n) is 17.1. The standard InChI is InChI=1S/C21H24N6O3/c1-29-18-8-6-17(7-9-18)27-20(22-23-24-27)15-25-10-12-26(13-11-25)21(28)16-4-3-5-19(14-16)30-2/h3-9,14H,10-13,15H2,1-2H3. The monoisotopic (exact) mass is 408 g/mol. The molecule has 0 radical (unpaired) electrons. The van der Waals surface area contributed by atoms with Gasteiger partial charge in [-0.3, -0.25) is 9.69 Å². The maximum Gasteiger partial charge on any atom is 0.254 e. The molecule has 0 bridgehead atoms. The van der Waals surface area contributed by atoms with Crippen LogP contribution in [-0.2, 0) is 6.54 Å². The van der Waals surface area contributed by atoms with Gasteiger partial charge >= 0.3 is 0 Å². The first kappa shape index (κ1) is 19.8. The Bertz CT molecular complexity index is 996. The quantitative estimate of drug-likeness (QED) is 0.613. The molecule has 9 heteroatoms. The molecular weight excluding hydrogens is 384 g/mol. The van der Waals surface area contributed by atoms with Crippen LogP contribution in [0.5, 0.6) is 11.5 Å². The molecule has 3 aromatic rings. The van der Waals surface area contributed by atoms with Gasteiger partial charge in [0.05, 0.1) is 26.5 Å². The van der Waals surface area contributed by atoms with Gasteiger partial charge in [-0.25, -0.2) is 0 Å². The van der Waals surface area contributed by atoms with E-state index >= 15 is 0 Å². The van der Waals surface area contributed by atoms with Gasteiger partial charge in [-0.2, -0.15) is 4.68 Å². The summed E-state index contributed by atoms with van der Waals surface area (Å²) >= 11 is 0. The molecule has 0 unspecified atom stereocenters. The van der Waals surface area contributed by atoms with Crippen molar-refractivity contribution in [2.24, 2.45) is 0 Å². The van der Waals surface area contributed by atoms with Crippen molar-refractivity contribution >= 4 is 5.91 Å². The van der Waals surface area contributed by atoms with E-state index in [1.165, 1.54) is 0 Å². The third kappa shape index (κ3) is 4.25. The summed E-state index contributed by atoms with van der Waals surface area (Å²) in [5.41, 5.74) is 1.52. The van der Waals surface area contributed by atoms with Gasteiger partial charge in [0.2, 0.25) is 0 Å². The second-order valence-electron chi connectivity index (χ2n) is 7.01. The van der Waals surface area contributed by atoms with Crippen LogP contribution in [0.25, 0.3) is 5.69 Å². The van der Waals surface area contributed by atoms with Crippen LogP contribution in [0, 0.1) is 0 Å². The fraction of sp³-hybridized carbons (Fsp3) is 0.333. The lowest BCUT2D eigenvalue weighted by molar-refractivity contribution is 0.0624. The number of benzene rings is 2. The highest BCUT2D eigenvalue weighted by Crippen LogP contribution is 2.18. The van der Waals surface area contributed by atoms with Crippen LogP contribution >= 0.6 is 0 Å². The predicted molar refractivity (Wildman–Crippen MR) is 110 cm³/mol. The van der Waals surface area contributed by atoms with Crippen molar-refractivity contribution in [2.45, 2.75) is 6.54 Å². The molecule has 0 atom stereocenters. The summed E-state index contributed by atoms with van der Waals surface area (Å²) < 4.78 is 12.2. The lowest BCUT2D eigenvalue weighted by Crippen LogP contribution is -2.48. The number of piperazine rings is 1. The minimum atomic E-state index is 0.0246. The number of methoxy groups -OCH3 is 2. The maximum atomic E-state index is 12.8. The van der Waals surface area contributed by atoms with E-state index in [0.29, 0.717) is 30.9 Å². The van der Waals surface area contributed by atoms with Gasteiger partial charge in [0.1, 0.15) is 11.5 Å². The molecule has 1 aliphatic rings. The molecule has 9 nitrogen and oxygen atoms in total. The second-order valence-corrected chi connectivity index (χ2v) is 7.01. The van der Waals surface area contributed by atoms with Crippen LogP contribution in [-0.4, -0.2) is 76.3 Å². The van der Waals surface area contributed by atoms with Gasteiger partial charge in [-0.05, 0) is 52.9 Å². The first-order chi connectivity index (χ1) is 14.7. The number of amides is 1. The van der Waals surface area contributed by atoms with Crippen molar-refractivity contribution in [3.8, 4) is 17.2 Å². The molecule has 0 spiro atoms. The minimum absolute atomic E-state index is 0.0246. The molecule has 0 N–H and O–H groups in total. The van der Waals surface area contributed by atoms with Crippen LogP contribution in [0.2, 0.25) is 0 Å². The van der Waals surface area contributed by atoms with Crippen molar-refractivity contribution in [3.05, 3.63) is 59.9 Å². The fourth-order valence-electron chi connectivity index (χ4n) is 3.48. The van der Waals surface area contributed by atoms with Crippen LogP contribution < -0.4 is 9.47 Å². The summed E-state index contributed by atoms with van der Waals surface area (Å²) in [5, 5.41) is 12.1. The number of ether oxygens (including phenoxy) is 2. The second kappa shape index (κ2) is 8.91. The third-order valence-electron chi connectivity index (χ3n) is 5.19. The maximum absolute atomic E-state index is 12.8. The molecule has 1 saturated heterocycles. The van der Waals surface area contributed by atoms with Gasteiger partial charge in [0, 0.05) is 31.7 Å². The summed E-state index contributed by atoms with van der Waals surface area (Å²) in [6.07, 6.45) is 0. The van der Waals surface area contributed by atoms with Gasteiger partial charge in [-0.15, -0.1) is 5.10 Å². The first-order valence-corrected chi connectivity index (χ1v) is 9.75. The number of hydrogen-bond acceptors (Lipinski definition) is 7. The van der Waals surface area contributed by atoms with Crippen LogP contribution in [0.1, 0.15) is 16.2 Å². The van der Waals surface area contributed by atoms with Crippen LogP contribution in [0.15, 0.2) is 48.5 Å². The normalized spacial score (nSPS) is 14.5. The van der Waals surface area contributed by atoms with E-state index in [2.05, 4.69) is 20.4 Å². The van der Waals surface area contributed by atoms with E-state index in [-0.39, 0.29) is 5.91 Å². The molecule has 0 aliphatic carbocycles. The largest absolute Gasteiger partial charge is 0.497 e. The summed E-state index contributed by atoms with van der Waals surface area (Å²) in [7, 11) is 3.23. The van der Waals surface area contributed by atoms with Crippen molar-refractivity contribution in [1.82, 2.24) is 30.0 Å². The summed E-state index contributed by atoms with van der Waals surface area (Å²) in [6, 6.07) is 14.9. The lowest BCUT2D eigenvalue weighted by atomic mass is 10.1. The van der Waals surface area contributed by atoms with Gasteiger partial charge in [0.25, 0.3) is 5.91 Å². The van der Waals surface area contributed by atoms with Crippen LogP contribution in [0.4, 0.5) is 0 Å². The molecule has 30 heavy (non-hydrogen) atoms.